The van der Waals surface area contributed by atoms with Crippen molar-refractivity contribution in [2.75, 3.05) is 0 Å². The van der Waals surface area contributed by atoms with Gasteiger partial charge in [-0.2, -0.15) is 0 Å². The lowest BCUT2D eigenvalue weighted by Gasteiger charge is -2.10. The molecule has 6 heteroatoms. The maximum absolute atomic E-state index is 14.1. The van der Waals surface area contributed by atoms with Gasteiger partial charge >= 0.3 is 5.97 Å². The largest absolute Gasteiger partial charge is 0.477 e. The predicted molar refractivity (Wildman–Crippen MR) is 110 cm³/mol. The van der Waals surface area contributed by atoms with Crippen LogP contribution in [0, 0.1) is 12.7 Å². The molecule has 0 spiro atoms. The Balaban J connectivity index is 2.09. The molecule has 0 fully saturated rings. The van der Waals surface area contributed by atoms with Crippen LogP contribution in [0.3, 0.4) is 0 Å². The fraction of sp³-hybridized carbons (Fsp3) is 0.0435. The average molecular weight is 408 g/mol. The van der Waals surface area contributed by atoms with Gasteiger partial charge in [0, 0.05) is 21.7 Å². The molecule has 4 aromatic rings. The Labute approximate surface area is 170 Å². The molecule has 0 aliphatic heterocycles. The molecule has 0 aliphatic carbocycles. The first kappa shape index (κ1) is 18.9. The number of hydrogen-bond donors (Lipinski definition) is 1. The smallest absolute Gasteiger partial charge is 0.353 e. The van der Waals surface area contributed by atoms with Crippen molar-refractivity contribution in [3.05, 3.63) is 100.0 Å². The van der Waals surface area contributed by atoms with Crippen molar-refractivity contribution in [3.8, 4) is 5.69 Å². The van der Waals surface area contributed by atoms with Gasteiger partial charge in [0.05, 0.1) is 11.1 Å². The number of rotatable bonds is 4. The summed E-state index contributed by atoms with van der Waals surface area (Å²) in [6, 6.07) is 17.3. The molecule has 1 heterocycles. The average Bonchev–Trinajstić information content (AvgIpc) is 3.02. The van der Waals surface area contributed by atoms with Crippen molar-refractivity contribution in [1.82, 2.24) is 4.57 Å². The van der Waals surface area contributed by atoms with Gasteiger partial charge in [-0.1, -0.05) is 41.4 Å². The first-order valence-electron chi connectivity index (χ1n) is 8.81. The SMILES string of the molecule is Cc1ccc(-n2c(C(=O)O)c(C(=O)c3cccc(Cl)c3)c3ccc(F)cc32)cc1. The lowest BCUT2D eigenvalue weighted by molar-refractivity contribution is 0.0684. The zero-order valence-electron chi connectivity index (χ0n) is 15.3. The van der Waals surface area contributed by atoms with E-state index in [2.05, 4.69) is 0 Å². The first-order valence-corrected chi connectivity index (χ1v) is 9.19. The summed E-state index contributed by atoms with van der Waals surface area (Å²) in [6.45, 7) is 1.91. The van der Waals surface area contributed by atoms with Gasteiger partial charge in [-0.25, -0.2) is 9.18 Å². The fourth-order valence-electron chi connectivity index (χ4n) is 3.43. The predicted octanol–water partition coefficient (Wildman–Crippen LogP) is 5.66. The minimum atomic E-state index is -1.28. The molecule has 0 saturated heterocycles. The summed E-state index contributed by atoms with van der Waals surface area (Å²) in [4.78, 5) is 25.5. The number of aromatic nitrogens is 1. The zero-order chi connectivity index (χ0) is 20.7. The van der Waals surface area contributed by atoms with Crippen molar-refractivity contribution in [2.24, 2.45) is 0 Å². The van der Waals surface area contributed by atoms with E-state index in [0.717, 1.165) is 5.56 Å². The molecule has 0 atom stereocenters. The Morgan fingerprint density at radius 2 is 1.72 bits per heavy atom. The van der Waals surface area contributed by atoms with Gasteiger partial charge in [0.15, 0.2) is 5.78 Å². The molecule has 0 aliphatic rings. The number of ketones is 1. The van der Waals surface area contributed by atoms with Crippen LogP contribution >= 0.6 is 11.6 Å². The molecule has 144 valence electrons. The number of aromatic carboxylic acids is 1. The molecule has 0 unspecified atom stereocenters. The van der Waals surface area contributed by atoms with Crippen LogP contribution in [-0.4, -0.2) is 21.4 Å². The second-order valence-electron chi connectivity index (χ2n) is 6.70. The normalized spacial score (nSPS) is 11.0. The van der Waals surface area contributed by atoms with Crippen LogP contribution in [0.1, 0.15) is 32.0 Å². The van der Waals surface area contributed by atoms with Gasteiger partial charge in [-0.15, -0.1) is 0 Å². The molecule has 4 rings (SSSR count). The second-order valence-corrected chi connectivity index (χ2v) is 7.14. The minimum absolute atomic E-state index is 0.00431. The molecule has 0 saturated carbocycles. The number of halogens is 2. The van der Waals surface area contributed by atoms with Crippen molar-refractivity contribution in [1.29, 1.82) is 0 Å². The second kappa shape index (κ2) is 7.18. The highest BCUT2D eigenvalue weighted by Crippen LogP contribution is 2.32. The van der Waals surface area contributed by atoms with Gasteiger partial charge in [-0.05, 0) is 49.4 Å². The van der Waals surface area contributed by atoms with Crippen molar-refractivity contribution in [3.63, 3.8) is 0 Å². The molecule has 0 radical (unpaired) electrons. The Kier molecular flexibility index (Phi) is 4.68. The van der Waals surface area contributed by atoms with Crippen molar-refractivity contribution >= 4 is 34.3 Å². The number of carbonyl (C=O) groups is 2. The quantitative estimate of drug-likeness (QED) is 0.444. The summed E-state index contributed by atoms with van der Waals surface area (Å²) < 4.78 is 15.5. The number of carboxylic acid groups (broad SMARTS) is 1. The summed E-state index contributed by atoms with van der Waals surface area (Å²) in [6.07, 6.45) is 0. The highest BCUT2D eigenvalue weighted by molar-refractivity contribution is 6.31. The van der Waals surface area contributed by atoms with E-state index >= 15 is 0 Å². The molecule has 1 aromatic heterocycles. The minimum Gasteiger partial charge on any atom is -0.477 e. The summed E-state index contributed by atoms with van der Waals surface area (Å²) in [5.41, 5.74) is 1.84. The van der Waals surface area contributed by atoms with E-state index in [-0.39, 0.29) is 16.8 Å². The Bertz CT molecular complexity index is 1280. The maximum Gasteiger partial charge on any atom is 0.353 e. The lowest BCUT2D eigenvalue weighted by atomic mass is 10.00. The van der Waals surface area contributed by atoms with Crippen LogP contribution < -0.4 is 0 Å². The third kappa shape index (κ3) is 3.30. The van der Waals surface area contributed by atoms with Crippen LogP contribution in [0.5, 0.6) is 0 Å². The Morgan fingerprint density at radius 1 is 1.00 bits per heavy atom. The molecular formula is C23H15ClFNO3. The summed E-state index contributed by atoms with van der Waals surface area (Å²) in [5, 5.41) is 10.7. The number of benzene rings is 3. The number of carbonyl (C=O) groups excluding carboxylic acids is 1. The fourth-order valence-corrected chi connectivity index (χ4v) is 3.62. The van der Waals surface area contributed by atoms with Crippen LogP contribution in [0.4, 0.5) is 4.39 Å². The van der Waals surface area contributed by atoms with Crippen molar-refractivity contribution < 1.29 is 19.1 Å². The number of carboxylic acids is 1. The third-order valence-corrected chi connectivity index (χ3v) is 4.97. The topological polar surface area (TPSA) is 59.3 Å². The van der Waals surface area contributed by atoms with Crippen LogP contribution in [0.25, 0.3) is 16.6 Å². The van der Waals surface area contributed by atoms with Gasteiger partial charge in [0.25, 0.3) is 0 Å². The van der Waals surface area contributed by atoms with E-state index in [9.17, 15) is 19.1 Å². The molecule has 29 heavy (non-hydrogen) atoms. The van der Waals surface area contributed by atoms with Gasteiger partial charge in [-0.3, -0.25) is 4.79 Å². The number of hydrogen-bond acceptors (Lipinski definition) is 2. The Hall–Kier alpha value is -3.44. The van der Waals surface area contributed by atoms with E-state index in [1.165, 1.54) is 28.8 Å². The lowest BCUT2D eigenvalue weighted by Crippen LogP contribution is -2.13. The third-order valence-electron chi connectivity index (χ3n) is 4.74. The summed E-state index contributed by atoms with van der Waals surface area (Å²) >= 11 is 6.01. The van der Waals surface area contributed by atoms with E-state index in [1.807, 2.05) is 19.1 Å². The summed E-state index contributed by atoms with van der Waals surface area (Å²) in [5.74, 6) is -2.30. The number of nitrogens with zero attached hydrogens (tertiary/aromatic N) is 1. The standard InChI is InChI=1S/C23H15ClFNO3/c1-13-5-8-17(9-6-13)26-19-12-16(25)7-10-18(19)20(21(26)23(28)29)22(27)14-3-2-4-15(24)11-14/h2-12H,1H3,(H,28,29). The van der Waals surface area contributed by atoms with E-state index in [1.54, 1.807) is 30.3 Å². The van der Waals surface area contributed by atoms with Crippen molar-refractivity contribution in [2.45, 2.75) is 6.92 Å². The monoisotopic (exact) mass is 407 g/mol. The van der Waals surface area contributed by atoms with Crippen LogP contribution in [0.2, 0.25) is 5.02 Å². The summed E-state index contributed by atoms with van der Waals surface area (Å²) in [7, 11) is 0. The van der Waals surface area contributed by atoms with E-state index in [0.29, 0.717) is 21.6 Å². The van der Waals surface area contributed by atoms with E-state index < -0.39 is 17.6 Å². The van der Waals surface area contributed by atoms with Gasteiger partial charge < -0.3 is 9.67 Å². The van der Waals surface area contributed by atoms with Gasteiger partial charge in [0.1, 0.15) is 11.5 Å². The van der Waals surface area contributed by atoms with Crippen LogP contribution in [-0.2, 0) is 0 Å². The highest BCUT2D eigenvalue weighted by Gasteiger charge is 2.28. The zero-order valence-corrected chi connectivity index (χ0v) is 16.1. The molecule has 0 bridgehead atoms. The van der Waals surface area contributed by atoms with E-state index in [4.69, 9.17) is 11.6 Å². The molecule has 0 amide bonds. The molecule has 4 nitrogen and oxygen atoms in total. The molecule has 1 N–H and O–H groups in total. The molecule has 3 aromatic carbocycles. The van der Waals surface area contributed by atoms with Gasteiger partial charge in [0.2, 0.25) is 0 Å². The first-order chi connectivity index (χ1) is 13.9. The van der Waals surface area contributed by atoms with Crippen LogP contribution in [0.15, 0.2) is 66.7 Å². The number of fused-ring (bicyclic) bond motifs is 1. The molecular weight excluding hydrogens is 393 g/mol. The highest BCUT2D eigenvalue weighted by atomic mass is 35.5. The Morgan fingerprint density at radius 3 is 2.38 bits per heavy atom. The number of aryl methyl sites for hydroxylation is 1. The maximum atomic E-state index is 14.1.